The highest BCUT2D eigenvalue weighted by Gasteiger charge is 2.22. The van der Waals surface area contributed by atoms with Gasteiger partial charge < -0.3 is 4.90 Å². The van der Waals surface area contributed by atoms with E-state index in [1.165, 1.54) is 21.6 Å². The van der Waals surface area contributed by atoms with Gasteiger partial charge in [-0.25, -0.2) is 9.37 Å². The molecule has 3 rings (SSSR count). The zero-order chi connectivity index (χ0) is 18.8. The van der Waals surface area contributed by atoms with Crippen molar-refractivity contribution in [1.82, 2.24) is 14.5 Å². The molecule has 0 N–H and O–H groups in total. The molecule has 2 aromatic carbocycles. The highest BCUT2D eigenvalue weighted by atomic mass is 32.2. The second-order valence-corrected chi connectivity index (χ2v) is 7.30. The fourth-order valence-corrected chi connectivity index (χ4v) is 3.67. The van der Waals surface area contributed by atoms with Gasteiger partial charge in [-0.1, -0.05) is 36.0 Å². The van der Waals surface area contributed by atoms with E-state index in [0.29, 0.717) is 10.9 Å². The summed E-state index contributed by atoms with van der Waals surface area (Å²) in [6, 6.07) is 12.9. The SMILES string of the molecule is C[C@@H](Sc1nc2ccccc2c(=O)n1-c1ccccc1F)C(=O)N(C)C. The Morgan fingerprint density at radius 3 is 2.50 bits per heavy atom. The number of carbonyl (C=O) groups excluding carboxylic acids is 1. The van der Waals surface area contributed by atoms with Crippen molar-refractivity contribution in [2.24, 2.45) is 0 Å². The minimum Gasteiger partial charge on any atom is -0.348 e. The monoisotopic (exact) mass is 371 g/mol. The number of nitrogens with zero attached hydrogens (tertiary/aromatic N) is 3. The van der Waals surface area contributed by atoms with Crippen LogP contribution in [0, 0.1) is 5.82 Å². The van der Waals surface area contributed by atoms with E-state index in [4.69, 9.17) is 0 Å². The number of hydrogen-bond acceptors (Lipinski definition) is 4. The fraction of sp³-hybridized carbons (Fsp3) is 0.211. The second-order valence-electron chi connectivity index (χ2n) is 6.00. The average molecular weight is 371 g/mol. The molecule has 0 aliphatic carbocycles. The van der Waals surface area contributed by atoms with Crippen molar-refractivity contribution in [1.29, 1.82) is 0 Å². The van der Waals surface area contributed by atoms with Crippen LogP contribution in [0.2, 0.25) is 0 Å². The summed E-state index contributed by atoms with van der Waals surface area (Å²) >= 11 is 1.13. The first-order valence-corrected chi connectivity index (χ1v) is 8.92. The lowest BCUT2D eigenvalue weighted by atomic mass is 10.2. The summed E-state index contributed by atoms with van der Waals surface area (Å²) in [6.45, 7) is 1.74. The third-order valence-corrected chi connectivity index (χ3v) is 4.95. The van der Waals surface area contributed by atoms with Crippen molar-refractivity contribution in [3.63, 3.8) is 0 Å². The Morgan fingerprint density at radius 2 is 1.81 bits per heavy atom. The first-order valence-electron chi connectivity index (χ1n) is 8.04. The Morgan fingerprint density at radius 1 is 1.15 bits per heavy atom. The third kappa shape index (κ3) is 3.35. The summed E-state index contributed by atoms with van der Waals surface area (Å²) < 4.78 is 15.6. The van der Waals surface area contributed by atoms with Gasteiger partial charge in [0.15, 0.2) is 5.16 Å². The number of carbonyl (C=O) groups is 1. The van der Waals surface area contributed by atoms with Gasteiger partial charge in [0, 0.05) is 14.1 Å². The van der Waals surface area contributed by atoms with Crippen LogP contribution in [-0.2, 0) is 4.79 Å². The molecule has 1 atom stereocenters. The first kappa shape index (κ1) is 18.1. The molecule has 1 aromatic heterocycles. The maximum atomic E-state index is 14.4. The highest BCUT2D eigenvalue weighted by molar-refractivity contribution is 8.00. The van der Waals surface area contributed by atoms with E-state index in [1.54, 1.807) is 57.4 Å². The maximum absolute atomic E-state index is 14.4. The normalized spacial score (nSPS) is 12.2. The van der Waals surface area contributed by atoms with Crippen molar-refractivity contribution < 1.29 is 9.18 Å². The van der Waals surface area contributed by atoms with Crippen LogP contribution in [0.15, 0.2) is 58.5 Å². The van der Waals surface area contributed by atoms with Crippen LogP contribution in [0.4, 0.5) is 4.39 Å². The Balaban J connectivity index is 2.24. The van der Waals surface area contributed by atoms with Crippen LogP contribution in [-0.4, -0.2) is 39.7 Å². The Labute approximate surface area is 154 Å². The Kier molecular flexibility index (Phi) is 5.08. The largest absolute Gasteiger partial charge is 0.348 e. The number of aromatic nitrogens is 2. The van der Waals surface area contributed by atoms with Crippen molar-refractivity contribution >= 4 is 28.6 Å². The molecule has 0 saturated carbocycles. The molecule has 0 aliphatic heterocycles. The number of halogens is 1. The maximum Gasteiger partial charge on any atom is 0.266 e. The lowest BCUT2D eigenvalue weighted by Gasteiger charge is -2.19. The van der Waals surface area contributed by atoms with Gasteiger partial charge in [-0.3, -0.25) is 14.2 Å². The van der Waals surface area contributed by atoms with E-state index in [0.717, 1.165) is 11.8 Å². The van der Waals surface area contributed by atoms with E-state index in [9.17, 15) is 14.0 Å². The van der Waals surface area contributed by atoms with Gasteiger partial charge in [-0.15, -0.1) is 0 Å². The molecular weight excluding hydrogens is 353 g/mol. The molecule has 3 aromatic rings. The van der Waals surface area contributed by atoms with Crippen molar-refractivity contribution in [2.75, 3.05) is 14.1 Å². The number of thioether (sulfide) groups is 1. The molecule has 1 heterocycles. The molecule has 0 aliphatic rings. The van der Waals surface area contributed by atoms with Crippen molar-refractivity contribution in [3.8, 4) is 5.69 Å². The van der Waals surface area contributed by atoms with Gasteiger partial charge in [-0.2, -0.15) is 0 Å². The van der Waals surface area contributed by atoms with Gasteiger partial charge in [0.2, 0.25) is 5.91 Å². The predicted octanol–water partition coefficient (Wildman–Crippen LogP) is 3.09. The van der Waals surface area contributed by atoms with Crippen LogP contribution < -0.4 is 5.56 Å². The van der Waals surface area contributed by atoms with Gasteiger partial charge >= 0.3 is 0 Å². The average Bonchev–Trinajstić information content (AvgIpc) is 2.62. The van der Waals surface area contributed by atoms with E-state index in [1.807, 2.05) is 0 Å². The molecule has 7 heteroatoms. The summed E-state index contributed by atoms with van der Waals surface area (Å²) in [5.74, 6) is -0.641. The summed E-state index contributed by atoms with van der Waals surface area (Å²) in [5.41, 5.74) is 0.257. The number of rotatable bonds is 4. The molecule has 0 unspecified atom stereocenters. The molecule has 0 fully saturated rings. The molecule has 0 spiro atoms. The zero-order valence-electron chi connectivity index (χ0n) is 14.6. The van der Waals surface area contributed by atoms with E-state index >= 15 is 0 Å². The van der Waals surface area contributed by atoms with Crippen molar-refractivity contribution in [2.45, 2.75) is 17.3 Å². The number of benzene rings is 2. The Hall–Kier alpha value is -2.67. The van der Waals surface area contributed by atoms with Crippen LogP contribution in [0.1, 0.15) is 6.92 Å². The smallest absolute Gasteiger partial charge is 0.266 e. The van der Waals surface area contributed by atoms with E-state index in [2.05, 4.69) is 4.98 Å². The molecule has 134 valence electrons. The summed E-state index contributed by atoms with van der Waals surface area (Å²) in [7, 11) is 3.33. The Bertz CT molecular complexity index is 1030. The molecule has 1 amide bonds. The number of fused-ring (bicyclic) bond motifs is 1. The van der Waals surface area contributed by atoms with Crippen LogP contribution in [0.3, 0.4) is 0 Å². The second kappa shape index (κ2) is 7.29. The molecular formula is C19H18FN3O2S. The summed E-state index contributed by atoms with van der Waals surface area (Å²) in [4.78, 5) is 31.3. The van der Waals surface area contributed by atoms with Crippen LogP contribution in [0.25, 0.3) is 16.6 Å². The molecule has 5 nitrogen and oxygen atoms in total. The van der Waals surface area contributed by atoms with Crippen LogP contribution in [0.5, 0.6) is 0 Å². The number of hydrogen-bond donors (Lipinski definition) is 0. The fourth-order valence-electron chi connectivity index (χ4n) is 2.61. The highest BCUT2D eigenvalue weighted by Crippen LogP contribution is 2.26. The topological polar surface area (TPSA) is 55.2 Å². The van der Waals surface area contributed by atoms with Gasteiger partial charge in [0.05, 0.1) is 21.8 Å². The number of para-hydroxylation sites is 2. The molecule has 26 heavy (non-hydrogen) atoms. The zero-order valence-corrected chi connectivity index (χ0v) is 15.5. The standard InChI is InChI=1S/C19H18FN3O2S/c1-12(17(24)22(2)3)26-19-21-15-10-6-4-8-13(15)18(25)23(19)16-11-7-5-9-14(16)20/h4-12H,1-3H3/t12-/m1/s1. The predicted molar refractivity (Wildman–Crippen MR) is 101 cm³/mol. The first-order chi connectivity index (χ1) is 12.4. The van der Waals surface area contributed by atoms with E-state index < -0.39 is 11.1 Å². The van der Waals surface area contributed by atoms with Gasteiger partial charge in [0.25, 0.3) is 5.56 Å². The van der Waals surface area contributed by atoms with E-state index in [-0.39, 0.29) is 22.3 Å². The van der Waals surface area contributed by atoms with Crippen LogP contribution >= 0.6 is 11.8 Å². The van der Waals surface area contributed by atoms with Crippen molar-refractivity contribution in [3.05, 3.63) is 64.7 Å². The number of amides is 1. The minimum atomic E-state index is -0.528. The summed E-state index contributed by atoms with van der Waals surface area (Å²) in [6.07, 6.45) is 0. The summed E-state index contributed by atoms with van der Waals surface area (Å²) in [5, 5.41) is 0.198. The van der Waals surface area contributed by atoms with Gasteiger partial charge in [-0.05, 0) is 31.2 Å². The molecule has 0 bridgehead atoms. The lowest BCUT2D eigenvalue weighted by molar-refractivity contribution is -0.127. The third-order valence-electron chi connectivity index (χ3n) is 3.91. The lowest BCUT2D eigenvalue weighted by Crippen LogP contribution is -2.31. The van der Waals surface area contributed by atoms with Gasteiger partial charge in [0.1, 0.15) is 5.82 Å². The quantitative estimate of drug-likeness (QED) is 0.522. The molecule has 0 radical (unpaired) electrons. The molecule has 0 saturated heterocycles. The minimum absolute atomic E-state index is 0.113.